The van der Waals surface area contributed by atoms with Crippen LogP contribution in [-0.4, -0.2) is 36.2 Å². The second-order valence-electron chi connectivity index (χ2n) is 10.7. The molecular formula is C36H41N5O2. The molecule has 0 unspecified atom stereocenters. The number of carbonyl (C=O) groups excluding carboxylic acids is 2. The van der Waals surface area contributed by atoms with Crippen LogP contribution in [0.3, 0.4) is 0 Å². The monoisotopic (exact) mass is 575 g/mol. The van der Waals surface area contributed by atoms with E-state index in [1.54, 1.807) is 12.2 Å². The van der Waals surface area contributed by atoms with Crippen LogP contribution in [-0.2, 0) is 4.79 Å². The van der Waals surface area contributed by atoms with Crippen molar-refractivity contribution in [3.8, 4) is 6.07 Å². The van der Waals surface area contributed by atoms with Gasteiger partial charge in [0.15, 0.2) is 5.78 Å². The first kappa shape index (κ1) is 32.8. The van der Waals surface area contributed by atoms with Crippen LogP contribution in [0.5, 0.6) is 0 Å². The van der Waals surface area contributed by atoms with Crippen molar-refractivity contribution in [2.75, 3.05) is 24.5 Å². The summed E-state index contributed by atoms with van der Waals surface area (Å²) >= 11 is 0. The van der Waals surface area contributed by atoms with Crippen molar-refractivity contribution >= 4 is 34.2 Å². The average Bonchev–Trinajstić information content (AvgIpc) is 3.29. The van der Waals surface area contributed by atoms with Crippen LogP contribution >= 0.6 is 0 Å². The molecule has 7 heteroatoms. The first-order valence-electron chi connectivity index (χ1n) is 15.4. The number of benzene rings is 2. The van der Waals surface area contributed by atoms with Gasteiger partial charge in [-0.05, 0) is 42.7 Å². The average molecular weight is 576 g/mol. The van der Waals surface area contributed by atoms with E-state index >= 15 is 0 Å². The topological polar surface area (TPSA) is 73.1 Å². The van der Waals surface area contributed by atoms with Gasteiger partial charge in [-0.2, -0.15) is 0 Å². The van der Waals surface area contributed by atoms with Gasteiger partial charge in [0.1, 0.15) is 0 Å². The van der Waals surface area contributed by atoms with Crippen molar-refractivity contribution in [3.05, 3.63) is 93.0 Å². The lowest BCUT2D eigenvalue weighted by Gasteiger charge is -2.29. The molecule has 0 saturated heterocycles. The van der Waals surface area contributed by atoms with E-state index < -0.39 is 5.91 Å². The summed E-state index contributed by atoms with van der Waals surface area (Å²) in [6.07, 6.45) is 10.2. The molecule has 0 bridgehead atoms. The Bertz CT molecular complexity index is 1550. The molecule has 222 valence electrons. The van der Waals surface area contributed by atoms with Crippen LogP contribution in [0.1, 0.15) is 95.0 Å². The largest absolute Gasteiger partial charge is 0.370 e. The van der Waals surface area contributed by atoms with E-state index in [9.17, 15) is 14.9 Å². The molecule has 0 aliphatic carbocycles. The van der Waals surface area contributed by atoms with E-state index in [4.69, 9.17) is 13.1 Å². The van der Waals surface area contributed by atoms with Crippen LogP contribution in [0, 0.1) is 24.5 Å². The maximum absolute atomic E-state index is 13.6. The highest BCUT2D eigenvalue weighted by Crippen LogP contribution is 2.38. The minimum atomic E-state index is -0.393. The third-order valence-corrected chi connectivity index (χ3v) is 7.65. The number of fused-ring (bicyclic) bond motifs is 1. The number of ketones is 1. The van der Waals surface area contributed by atoms with E-state index in [1.165, 1.54) is 4.90 Å². The number of rotatable bonds is 15. The summed E-state index contributed by atoms with van der Waals surface area (Å²) in [5, 5.41) is 11.5. The molecule has 1 aliphatic rings. The minimum absolute atomic E-state index is 0.0124. The zero-order chi connectivity index (χ0) is 31.4. The van der Waals surface area contributed by atoms with Gasteiger partial charge in [-0.15, -0.1) is 0 Å². The van der Waals surface area contributed by atoms with E-state index in [2.05, 4.69) is 34.5 Å². The summed E-state index contributed by atoms with van der Waals surface area (Å²) in [6.45, 7) is 25.7. The first-order valence-corrected chi connectivity index (χ1v) is 15.4. The Balaban J connectivity index is 2.28. The summed E-state index contributed by atoms with van der Waals surface area (Å²) in [6, 6.07) is 11.8. The van der Waals surface area contributed by atoms with Crippen LogP contribution in [0.15, 0.2) is 59.1 Å². The second kappa shape index (κ2) is 16.1. The maximum atomic E-state index is 13.6. The van der Waals surface area contributed by atoms with E-state index in [1.807, 2.05) is 44.2 Å². The lowest BCUT2D eigenvalue weighted by atomic mass is 9.93. The minimum Gasteiger partial charge on any atom is -0.370 e. The van der Waals surface area contributed by atoms with Crippen LogP contribution in [0.2, 0.25) is 0 Å². The predicted octanol–water partition coefficient (Wildman–Crippen LogP) is 8.71. The van der Waals surface area contributed by atoms with Gasteiger partial charge in [0.05, 0.1) is 30.6 Å². The summed E-state index contributed by atoms with van der Waals surface area (Å²) in [5.41, 5.74) is 2.41. The molecule has 2 aromatic rings. The highest BCUT2D eigenvalue weighted by atomic mass is 16.2. The number of hydrogen-bond donors (Lipinski definition) is 0. The highest BCUT2D eigenvalue weighted by molar-refractivity contribution is 6.12. The third kappa shape index (κ3) is 7.22. The van der Waals surface area contributed by atoms with Crippen molar-refractivity contribution in [2.24, 2.45) is 0 Å². The van der Waals surface area contributed by atoms with Crippen molar-refractivity contribution in [1.29, 1.82) is 5.26 Å². The first-order chi connectivity index (χ1) is 20.9. The van der Waals surface area contributed by atoms with Crippen molar-refractivity contribution in [3.63, 3.8) is 0 Å². The Labute approximate surface area is 256 Å². The zero-order valence-electron chi connectivity index (χ0n) is 25.9. The third-order valence-electron chi connectivity index (χ3n) is 7.65. The molecule has 0 N–H and O–H groups in total. The highest BCUT2D eigenvalue weighted by Gasteiger charge is 2.36. The predicted molar refractivity (Wildman–Crippen MR) is 174 cm³/mol. The fourth-order valence-corrected chi connectivity index (χ4v) is 5.41. The number of nitrogens with zero attached hydrogens (tertiary/aromatic N) is 5. The molecule has 43 heavy (non-hydrogen) atoms. The normalized spacial score (nSPS) is 14.3. The molecule has 3 rings (SSSR count). The summed E-state index contributed by atoms with van der Waals surface area (Å²) in [7, 11) is 0. The molecule has 0 aromatic heterocycles. The second-order valence-corrected chi connectivity index (χ2v) is 10.7. The van der Waals surface area contributed by atoms with Crippen LogP contribution in [0.25, 0.3) is 26.5 Å². The fraction of sp³-hybridized carbons (Fsp3) is 0.417. The smallest absolute Gasteiger partial charge is 0.274 e. The molecule has 0 radical (unpaired) electrons. The van der Waals surface area contributed by atoms with Gasteiger partial charge in [-0.1, -0.05) is 83.4 Å². The Morgan fingerprint density at radius 3 is 2.19 bits per heavy atom. The SMILES string of the molecule is [C-]#[N+]C1=C(/C=C/c2cc(C(=O)CCC)c(N(CCCC)CCCC)c3ccccc23)C(=O)N(CCCC)/C1=C(\C#N)[N+]#[C-]. The molecule has 7 nitrogen and oxygen atoms in total. The standard InChI is InChI=1S/C36H41N5O2/c1-7-11-21-40(22-12-8-2)34-28-18-15-14-17-27(28)26(24-30(34)32(42)16-10-4)19-20-29-33(39-6)35(31(25-37)38-5)41(36(29)43)23-13-9-3/h14-15,17-20,24H,7-13,16,21-23H2,1-4H3/b20-19+,35-31+. The number of anilines is 1. The fourth-order valence-electron chi connectivity index (χ4n) is 5.41. The van der Waals surface area contributed by atoms with Gasteiger partial charge >= 0.3 is 0 Å². The number of carbonyl (C=O) groups is 2. The molecule has 0 atom stereocenters. The number of allylic oxidation sites excluding steroid dienone is 1. The molecular weight excluding hydrogens is 534 g/mol. The zero-order valence-corrected chi connectivity index (χ0v) is 25.9. The molecule has 1 heterocycles. The number of amides is 1. The van der Waals surface area contributed by atoms with Gasteiger partial charge in [0.25, 0.3) is 5.70 Å². The Kier molecular flexibility index (Phi) is 12.3. The Hall–Kier alpha value is -4.67. The van der Waals surface area contributed by atoms with Crippen LogP contribution < -0.4 is 4.90 Å². The molecule has 0 saturated carbocycles. The number of hydrogen-bond acceptors (Lipinski definition) is 4. The molecule has 0 spiro atoms. The number of unbranched alkanes of at least 4 members (excludes halogenated alkanes) is 3. The molecule has 2 aromatic carbocycles. The van der Waals surface area contributed by atoms with Gasteiger partial charge in [0.2, 0.25) is 11.6 Å². The van der Waals surface area contributed by atoms with E-state index in [-0.39, 0.29) is 28.4 Å². The van der Waals surface area contributed by atoms with Crippen LogP contribution in [0.4, 0.5) is 5.69 Å². The summed E-state index contributed by atoms with van der Waals surface area (Å²) in [4.78, 5) is 37.9. The van der Waals surface area contributed by atoms with Crippen molar-refractivity contribution in [2.45, 2.75) is 79.1 Å². The summed E-state index contributed by atoms with van der Waals surface area (Å²) in [5.74, 6) is -0.309. The summed E-state index contributed by atoms with van der Waals surface area (Å²) < 4.78 is 0. The van der Waals surface area contributed by atoms with E-state index in [0.717, 1.165) is 73.6 Å². The van der Waals surface area contributed by atoms with E-state index in [0.29, 0.717) is 24.9 Å². The lowest BCUT2D eigenvalue weighted by molar-refractivity contribution is -0.124. The number of nitriles is 1. The maximum Gasteiger partial charge on any atom is 0.274 e. The van der Waals surface area contributed by atoms with Gasteiger partial charge < -0.3 is 9.80 Å². The quantitative estimate of drug-likeness (QED) is 0.121. The molecule has 1 amide bonds. The Morgan fingerprint density at radius 2 is 1.63 bits per heavy atom. The Morgan fingerprint density at radius 1 is 0.977 bits per heavy atom. The lowest BCUT2D eigenvalue weighted by Crippen LogP contribution is -2.28. The number of Topliss-reactive ketones (excluding diaryl/α,β-unsaturated/α-hetero) is 1. The molecule has 0 fully saturated rings. The van der Waals surface area contributed by atoms with Gasteiger partial charge in [-0.25, -0.2) is 15.0 Å². The van der Waals surface area contributed by atoms with Crippen molar-refractivity contribution in [1.82, 2.24) is 4.90 Å². The van der Waals surface area contributed by atoms with Gasteiger partial charge in [-0.3, -0.25) is 9.59 Å². The molecule has 1 aliphatic heterocycles. The van der Waals surface area contributed by atoms with Crippen molar-refractivity contribution < 1.29 is 9.59 Å². The van der Waals surface area contributed by atoms with Gasteiger partial charge in [0, 0.05) is 42.6 Å².